The zero-order valence-corrected chi connectivity index (χ0v) is 16.8. The predicted molar refractivity (Wildman–Crippen MR) is 104 cm³/mol. The van der Waals surface area contributed by atoms with Crippen LogP contribution in [0.25, 0.3) is 0 Å². The third-order valence-corrected chi connectivity index (χ3v) is 5.78. The summed E-state index contributed by atoms with van der Waals surface area (Å²) in [4.78, 5) is 25.2. The topological polar surface area (TPSA) is 43.4 Å². The van der Waals surface area contributed by atoms with E-state index in [0.29, 0.717) is 19.6 Å². The van der Waals surface area contributed by atoms with E-state index in [0.717, 1.165) is 48.9 Å². The highest BCUT2D eigenvalue weighted by molar-refractivity contribution is 5.82. The molecule has 1 fully saturated rings. The predicted octanol–water partition coefficient (Wildman–Crippen LogP) is 3.61. The Morgan fingerprint density at radius 1 is 1.19 bits per heavy atom. The highest BCUT2D eigenvalue weighted by atomic mass is 16.5. The number of Topliss-reactive ketones (excluding diaryl/α,β-unsaturated/α-hetero) is 1. The van der Waals surface area contributed by atoms with E-state index in [4.69, 9.17) is 4.74 Å². The van der Waals surface area contributed by atoms with Crippen molar-refractivity contribution >= 4 is 11.8 Å². The summed E-state index contributed by atoms with van der Waals surface area (Å²) in [6.07, 6.45) is 3.20. The quantitative estimate of drug-likeness (QED) is 0.525. The van der Waals surface area contributed by atoms with Crippen LogP contribution in [0.1, 0.15) is 49.8 Å². The van der Waals surface area contributed by atoms with E-state index in [-0.39, 0.29) is 17.7 Å². The molecule has 1 aliphatic heterocycles. The minimum atomic E-state index is -0.0790. The molecule has 0 amide bonds. The fourth-order valence-electron chi connectivity index (χ4n) is 4.13. The number of ketones is 1. The minimum absolute atomic E-state index is 0.0664. The van der Waals surface area contributed by atoms with Crippen LogP contribution in [0, 0.1) is 19.8 Å². The highest BCUT2D eigenvalue weighted by Gasteiger charge is 2.39. The van der Waals surface area contributed by atoms with Crippen LogP contribution in [0.2, 0.25) is 0 Å². The highest BCUT2D eigenvalue weighted by Crippen LogP contribution is 2.25. The number of quaternary nitrogens is 1. The summed E-state index contributed by atoms with van der Waals surface area (Å²) in [5.74, 6) is 0.125. The number of hydrogen-bond acceptors (Lipinski definition) is 3. The Morgan fingerprint density at radius 2 is 1.88 bits per heavy atom. The number of rotatable bonds is 8. The normalized spacial score (nSPS) is 22.8. The monoisotopic (exact) mass is 360 g/mol. The number of carbonyl (C=O) groups is 2. The lowest BCUT2D eigenvalue weighted by atomic mass is 9.93. The van der Waals surface area contributed by atoms with Crippen molar-refractivity contribution < 1.29 is 18.8 Å². The Kier molecular flexibility index (Phi) is 7.39. The summed E-state index contributed by atoms with van der Waals surface area (Å²) in [6, 6.07) is 6.18. The van der Waals surface area contributed by atoms with Gasteiger partial charge in [-0.25, -0.2) is 0 Å². The number of likely N-dealkylation sites (tertiary alicyclic amines) is 1. The van der Waals surface area contributed by atoms with Crippen LogP contribution in [0.4, 0.5) is 0 Å². The number of likely N-dealkylation sites (N-methyl/N-ethyl adjacent to an activating group) is 1. The second-order valence-electron chi connectivity index (χ2n) is 7.81. The largest absolute Gasteiger partial charge is 0.465 e. The molecule has 4 heteroatoms. The first-order valence-electron chi connectivity index (χ1n) is 9.99. The lowest BCUT2D eigenvalue weighted by Gasteiger charge is -2.42. The molecule has 2 unspecified atom stereocenters. The number of benzene rings is 1. The molecular formula is C22H34NO3+. The molecule has 2 rings (SSSR count). The van der Waals surface area contributed by atoms with Crippen molar-refractivity contribution in [3.05, 3.63) is 34.9 Å². The van der Waals surface area contributed by atoms with Crippen LogP contribution in [0.15, 0.2) is 18.2 Å². The maximum atomic E-state index is 12.9. The molecule has 1 heterocycles. The fraction of sp³-hybridized carbons (Fsp3) is 0.636. The molecule has 4 nitrogen and oxygen atoms in total. The van der Waals surface area contributed by atoms with E-state index in [1.807, 2.05) is 13.0 Å². The van der Waals surface area contributed by atoms with Gasteiger partial charge in [0.15, 0.2) is 5.78 Å². The van der Waals surface area contributed by atoms with Gasteiger partial charge in [0.25, 0.3) is 0 Å². The van der Waals surface area contributed by atoms with Crippen LogP contribution in [-0.4, -0.2) is 49.0 Å². The first kappa shape index (κ1) is 20.6. The maximum absolute atomic E-state index is 12.9. The number of carbonyl (C=O) groups excluding carboxylic acids is 2. The molecule has 0 spiro atoms. The van der Waals surface area contributed by atoms with Crippen LogP contribution in [0.5, 0.6) is 0 Å². The van der Waals surface area contributed by atoms with Crippen LogP contribution in [0.3, 0.4) is 0 Å². The first-order valence-corrected chi connectivity index (χ1v) is 9.99. The average Bonchev–Trinajstić information content (AvgIpc) is 2.63. The van der Waals surface area contributed by atoms with E-state index >= 15 is 0 Å². The van der Waals surface area contributed by atoms with Crippen molar-refractivity contribution in [2.45, 2.75) is 53.4 Å². The SMILES string of the molecule is CCCOC(=O)C1CCC[N+](CC)(CC(=O)Cc2c(C)cccc2C)C1. The molecule has 0 radical (unpaired) electrons. The summed E-state index contributed by atoms with van der Waals surface area (Å²) in [5.41, 5.74) is 3.52. The molecule has 0 aromatic heterocycles. The van der Waals surface area contributed by atoms with Gasteiger partial charge in [-0.05, 0) is 56.7 Å². The molecule has 26 heavy (non-hydrogen) atoms. The maximum Gasteiger partial charge on any atom is 0.314 e. The second-order valence-corrected chi connectivity index (χ2v) is 7.81. The zero-order chi connectivity index (χ0) is 19.2. The van der Waals surface area contributed by atoms with Gasteiger partial charge in [0.1, 0.15) is 12.5 Å². The van der Waals surface area contributed by atoms with Gasteiger partial charge >= 0.3 is 5.97 Å². The Bertz CT molecular complexity index is 620. The van der Waals surface area contributed by atoms with Gasteiger partial charge in [0.05, 0.1) is 26.2 Å². The molecule has 1 saturated heterocycles. The van der Waals surface area contributed by atoms with Gasteiger partial charge < -0.3 is 9.22 Å². The molecule has 144 valence electrons. The van der Waals surface area contributed by atoms with Crippen molar-refractivity contribution in [2.24, 2.45) is 5.92 Å². The third-order valence-electron chi connectivity index (χ3n) is 5.78. The minimum Gasteiger partial charge on any atom is -0.465 e. The Balaban J connectivity index is 2.04. The summed E-state index contributed by atoms with van der Waals surface area (Å²) in [6.45, 7) is 11.9. The molecule has 0 aliphatic carbocycles. The van der Waals surface area contributed by atoms with Gasteiger partial charge in [-0.15, -0.1) is 0 Å². The summed E-state index contributed by atoms with van der Waals surface area (Å²) >= 11 is 0. The number of esters is 1. The zero-order valence-electron chi connectivity index (χ0n) is 16.8. The van der Waals surface area contributed by atoms with Gasteiger partial charge in [-0.3, -0.25) is 9.59 Å². The number of ether oxygens (including phenoxy) is 1. The van der Waals surface area contributed by atoms with E-state index < -0.39 is 0 Å². The van der Waals surface area contributed by atoms with Crippen LogP contribution < -0.4 is 0 Å². The van der Waals surface area contributed by atoms with Crippen molar-refractivity contribution in [3.8, 4) is 0 Å². The smallest absolute Gasteiger partial charge is 0.314 e. The van der Waals surface area contributed by atoms with Crippen molar-refractivity contribution in [2.75, 3.05) is 32.8 Å². The van der Waals surface area contributed by atoms with Gasteiger partial charge in [0, 0.05) is 6.42 Å². The lowest BCUT2D eigenvalue weighted by molar-refractivity contribution is -0.925. The van der Waals surface area contributed by atoms with E-state index in [9.17, 15) is 9.59 Å². The summed E-state index contributed by atoms with van der Waals surface area (Å²) in [5, 5.41) is 0. The second kappa shape index (κ2) is 9.31. The Hall–Kier alpha value is -1.68. The van der Waals surface area contributed by atoms with Crippen molar-refractivity contribution in [1.82, 2.24) is 0 Å². The van der Waals surface area contributed by atoms with Gasteiger partial charge in [-0.2, -0.15) is 0 Å². The molecule has 1 aromatic rings. The fourth-order valence-corrected chi connectivity index (χ4v) is 4.13. The molecule has 0 bridgehead atoms. The van der Waals surface area contributed by atoms with Crippen molar-refractivity contribution in [3.63, 3.8) is 0 Å². The number of hydrogen-bond donors (Lipinski definition) is 0. The van der Waals surface area contributed by atoms with Gasteiger partial charge in [-0.1, -0.05) is 25.1 Å². The molecule has 0 saturated carbocycles. The summed E-state index contributed by atoms with van der Waals surface area (Å²) in [7, 11) is 0. The average molecular weight is 361 g/mol. The van der Waals surface area contributed by atoms with E-state index in [1.54, 1.807) is 0 Å². The van der Waals surface area contributed by atoms with Crippen LogP contribution in [-0.2, 0) is 20.7 Å². The number of aryl methyl sites for hydroxylation is 2. The van der Waals surface area contributed by atoms with E-state index in [2.05, 4.69) is 32.9 Å². The lowest BCUT2D eigenvalue weighted by Crippen LogP contribution is -2.57. The number of piperidine rings is 1. The summed E-state index contributed by atoms with van der Waals surface area (Å²) < 4.78 is 6.08. The van der Waals surface area contributed by atoms with E-state index in [1.165, 1.54) is 11.1 Å². The molecule has 1 aliphatic rings. The van der Waals surface area contributed by atoms with Gasteiger partial charge in [0.2, 0.25) is 0 Å². The van der Waals surface area contributed by atoms with Crippen LogP contribution >= 0.6 is 0 Å². The van der Waals surface area contributed by atoms with Crippen molar-refractivity contribution in [1.29, 1.82) is 0 Å². The number of nitrogens with zero attached hydrogens (tertiary/aromatic N) is 1. The third kappa shape index (κ3) is 5.16. The Morgan fingerprint density at radius 3 is 2.50 bits per heavy atom. The molecule has 2 atom stereocenters. The molecular weight excluding hydrogens is 326 g/mol. The Labute approximate surface area is 158 Å². The standard InChI is InChI=1S/C22H34NO3/c1-5-13-26-22(25)19-11-8-12-23(6-2,15-19)16-20(24)14-21-17(3)9-7-10-18(21)4/h7,9-10,19H,5-6,8,11-16H2,1-4H3/q+1. The molecule has 1 aromatic carbocycles. The molecule has 0 N–H and O–H groups in total. The first-order chi connectivity index (χ1) is 12.4.